The number of benzene rings is 4. The van der Waals surface area contributed by atoms with Crippen molar-refractivity contribution in [1.82, 2.24) is 9.80 Å². The lowest BCUT2D eigenvalue weighted by Crippen LogP contribution is -2.43. The smallest absolute Gasteiger partial charge is 0.260 e. The maximum atomic E-state index is 13.5. The van der Waals surface area contributed by atoms with E-state index in [-0.39, 0.29) is 48.2 Å². The number of carbonyl (C=O) groups excluding carboxylic acids is 2. The molecule has 0 aliphatic carbocycles. The van der Waals surface area contributed by atoms with Crippen LogP contribution in [0, 0.1) is 0 Å². The fourth-order valence-corrected chi connectivity index (χ4v) is 6.95. The highest BCUT2D eigenvalue weighted by molar-refractivity contribution is 9.11. The fraction of sp³-hybridized carbons (Fsp3) is 0.188. The maximum absolute atomic E-state index is 13.5. The second-order valence-electron chi connectivity index (χ2n) is 9.58. The van der Waals surface area contributed by atoms with Crippen LogP contribution in [0.5, 0.6) is 11.5 Å². The molecule has 0 aromatic heterocycles. The van der Waals surface area contributed by atoms with Gasteiger partial charge in [-0.3, -0.25) is 9.59 Å². The topological polar surface area (TPSA) is 59.1 Å². The van der Waals surface area contributed by atoms with E-state index in [1.165, 1.54) is 0 Å². The first-order valence-corrected chi connectivity index (χ1v) is 16.4. The van der Waals surface area contributed by atoms with Gasteiger partial charge in [0.1, 0.15) is 0 Å². The molecule has 44 heavy (non-hydrogen) atoms. The number of ether oxygens (including phenoxy) is 2. The maximum Gasteiger partial charge on any atom is 0.260 e. The Morgan fingerprint density at radius 2 is 0.955 bits per heavy atom. The minimum Gasteiger partial charge on any atom is -0.481 e. The number of carbonyl (C=O) groups is 2. The van der Waals surface area contributed by atoms with E-state index in [0.717, 1.165) is 11.1 Å². The summed E-state index contributed by atoms with van der Waals surface area (Å²) in [7, 11) is 0. The molecule has 4 aromatic rings. The van der Waals surface area contributed by atoms with E-state index in [4.69, 9.17) is 55.9 Å². The fourth-order valence-electron chi connectivity index (χ4n) is 4.22. The van der Waals surface area contributed by atoms with Crippen molar-refractivity contribution in [2.24, 2.45) is 0 Å². The molecule has 230 valence electrons. The quantitative estimate of drug-likeness (QED) is 0.135. The molecule has 0 bridgehead atoms. The molecule has 0 unspecified atom stereocenters. The number of rotatable bonds is 13. The highest BCUT2D eigenvalue weighted by Crippen LogP contribution is 2.37. The summed E-state index contributed by atoms with van der Waals surface area (Å²) in [6, 6.07) is 25.5. The normalized spacial score (nSPS) is 10.8. The van der Waals surface area contributed by atoms with Crippen molar-refractivity contribution in [1.29, 1.82) is 0 Å². The molecule has 0 fully saturated rings. The van der Waals surface area contributed by atoms with E-state index in [1.807, 2.05) is 60.7 Å². The van der Waals surface area contributed by atoms with E-state index in [9.17, 15) is 9.59 Å². The van der Waals surface area contributed by atoms with Crippen molar-refractivity contribution in [2.75, 3.05) is 26.3 Å². The van der Waals surface area contributed by atoms with Crippen molar-refractivity contribution in [3.63, 3.8) is 0 Å². The van der Waals surface area contributed by atoms with Crippen LogP contribution in [0.25, 0.3) is 0 Å². The number of amides is 2. The number of nitrogens with zero attached hydrogens (tertiary/aromatic N) is 2. The molecule has 0 saturated heterocycles. The first-order valence-electron chi connectivity index (χ1n) is 13.3. The summed E-state index contributed by atoms with van der Waals surface area (Å²) in [6.45, 7) is 0.551. The van der Waals surface area contributed by atoms with Gasteiger partial charge < -0.3 is 19.3 Å². The lowest BCUT2D eigenvalue weighted by molar-refractivity contribution is -0.138. The summed E-state index contributed by atoms with van der Waals surface area (Å²) in [5.41, 5.74) is 1.86. The summed E-state index contributed by atoms with van der Waals surface area (Å²) in [6.07, 6.45) is 0. The number of hydrogen-bond acceptors (Lipinski definition) is 4. The Labute approximate surface area is 293 Å². The van der Waals surface area contributed by atoms with Crippen molar-refractivity contribution < 1.29 is 19.1 Å². The van der Waals surface area contributed by atoms with Gasteiger partial charge in [0.05, 0.1) is 19.0 Å². The highest BCUT2D eigenvalue weighted by Gasteiger charge is 2.22. The molecule has 0 radical (unpaired) electrons. The Bertz CT molecular complexity index is 1430. The highest BCUT2D eigenvalue weighted by atomic mass is 79.9. The first kappa shape index (κ1) is 34.4. The molecule has 0 atom stereocenters. The lowest BCUT2D eigenvalue weighted by Gasteiger charge is -2.28. The molecule has 6 nitrogen and oxygen atoms in total. The second kappa shape index (κ2) is 16.7. The molecular formula is C32H26Br2Cl4N2O4. The predicted molar refractivity (Wildman–Crippen MR) is 183 cm³/mol. The molecular weight excluding hydrogens is 778 g/mol. The zero-order valence-corrected chi connectivity index (χ0v) is 29.3. The van der Waals surface area contributed by atoms with Crippen LogP contribution < -0.4 is 9.47 Å². The van der Waals surface area contributed by atoms with Gasteiger partial charge in [-0.15, -0.1) is 0 Å². The Morgan fingerprint density at radius 1 is 0.591 bits per heavy atom. The molecule has 2 amide bonds. The van der Waals surface area contributed by atoms with Crippen molar-refractivity contribution in [3.05, 3.63) is 125 Å². The molecule has 0 N–H and O–H groups in total. The third-order valence-electron chi connectivity index (χ3n) is 6.38. The van der Waals surface area contributed by atoms with Crippen molar-refractivity contribution >= 4 is 90.1 Å². The minimum absolute atomic E-state index is 0.233. The second-order valence-corrected chi connectivity index (χ2v) is 13.0. The van der Waals surface area contributed by atoms with Crippen molar-refractivity contribution in [2.45, 2.75) is 13.1 Å². The minimum atomic E-state index is -0.285. The van der Waals surface area contributed by atoms with Crippen LogP contribution >= 0.6 is 78.3 Å². The summed E-state index contributed by atoms with van der Waals surface area (Å²) < 4.78 is 12.7. The summed E-state index contributed by atoms with van der Waals surface area (Å²) in [4.78, 5) is 30.3. The number of hydrogen-bond donors (Lipinski definition) is 0. The molecule has 0 heterocycles. The van der Waals surface area contributed by atoms with Gasteiger partial charge in [-0.2, -0.15) is 0 Å². The van der Waals surface area contributed by atoms with Crippen molar-refractivity contribution in [3.8, 4) is 11.5 Å². The standard InChI is InChI=1S/C32H26Br2Cl4N2O4/c33-25-13-23(35)15-27(37)31(25)43-19-29(41)39(17-21-7-3-1-4-8-21)11-12-40(18-22-9-5-2-6-10-22)30(42)20-44-32-26(34)14-24(36)16-28(32)38/h1-10,13-16H,11-12,17-20H2. The Kier molecular flexibility index (Phi) is 13.1. The monoisotopic (exact) mass is 800 g/mol. The Hall–Kier alpha value is -2.46. The van der Waals surface area contributed by atoms with Crippen LogP contribution in [-0.4, -0.2) is 47.9 Å². The van der Waals surface area contributed by atoms with E-state index in [2.05, 4.69) is 31.9 Å². The van der Waals surface area contributed by atoms with E-state index < -0.39 is 0 Å². The molecule has 0 aliphatic rings. The molecule has 12 heteroatoms. The Balaban J connectivity index is 1.50. The number of halogens is 6. The first-order chi connectivity index (χ1) is 21.1. The van der Waals surface area contributed by atoms with Crippen LogP contribution in [0.4, 0.5) is 0 Å². The van der Waals surface area contributed by atoms with Gasteiger partial charge in [0.2, 0.25) is 0 Å². The van der Waals surface area contributed by atoms with Crippen LogP contribution in [0.1, 0.15) is 11.1 Å². The van der Waals surface area contributed by atoms with Gasteiger partial charge in [-0.05, 0) is 67.3 Å². The average molecular weight is 804 g/mol. The lowest BCUT2D eigenvalue weighted by atomic mass is 10.2. The zero-order valence-electron chi connectivity index (χ0n) is 23.1. The van der Waals surface area contributed by atoms with Gasteiger partial charge in [0.25, 0.3) is 11.8 Å². The molecule has 4 rings (SSSR count). The molecule has 0 aliphatic heterocycles. The summed E-state index contributed by atoms with van der Waals surface area (Å²) in [5, 5.41) is 1.42. The van der Waals surface area contributed by atoms with Gasteiger partial charge in [-0.1, -0.05) is 107 Å². The molecule has 4 aromatic carbocycles. The van der Waals surface area contributed by atoms with Gasteiger partial charge in [0.15, 0.2) is 24.7 Å². The van der Waals surface area contributed by atoms with E-state index >= 15 is 0 Å². The molecule has 0 spiro atoms. The third kappa shape index (κ3) is 10.0. The average Bonchev–Trinajstić information content (AvgIpc) is 2.98. The van der Waals surface area contributed by atoms with Crippen LogP contribution in [0.3, 0.4) is 0 Å². The predicted octanol–water partition coefficient (Wildman–Crippen LogP) is 9.34. The van der Waals surface area contributed by atoms with Gasteiger partial charge in [0, 0.05) is 36.2 Å². The Morgan fingerprint density at radius 3 is 1.30 bits per heavy atom. The largest absolute Gasteiger partial charge is 0.481 e. The van der Waals surface area contributed by atoms with Crippen LogP contribution in [0.2, 0.25) is 20.1 Å². The SMILES string of the molecule is O=C(COc1c(Cl)cc(Cl)cc1Br)N(CCN(Cc1ccccc1)C(=O)COc1c(Cl)cc(Cl)cc1Br)Cc1ccccc1. The van der Waals surface area contributed by atoms with Crippen LogP contribution in [-0.2, 0) is 22.7 Å². The molecule has 0 saturated carbocycles. The third-order valence-corrected chi connectivity index (χ3v) is 8.56. The van der Waals surface area contributed by atoms with Gasteiger partial charge in [-0.25, -0.2) is 0 Å². The summed E-state index contributed by atoms with van der Waals surface area (Å²) >= 11 is 31.5. The van der Waals surface area contributed by atoms with Gasteiger partial charge >= 0.3 is 0 Å². The van der Waals surface area contributed by atoms with E-state index in [1.54, 1.807) is 34.1 Å². The van der Waals surface area contributed by atoms with Crippen LogP contribution in [0.15, 0.2) is 93.9 Å². The zero-order chi connectivity index (χ0) is 31.6. The summed E-state index contributed by atoms with van der Waals surface area (Å²) in [5.74, 6) is 0.0577. The van der Waals surface area contributed by atoms with E-state index in [0.29, 0.717) is 43.6 Å².